The summed E-state index contributed by atoms with van der Waals surface area (Å²) in [7, 11) is 2.56. The number of carbonyl (C=O) groups excluding carboxylic acids is 1. The van der Waals surface area contributed by atoms with Gasteiger partial charge in [-0.05, 0) is 31.2 Å². The summed E-state index contributed by atoms with van der Waals surface area (Å²) in [6, 6.07) is 10.5. The Morgan fingerprint density at radius 2 is 1.72 bits per heavy atom. The Kier molecular flexibility index (Phi) is 8.02. The molecule has 0 saturated carbocycles. The van der Waals surface area contributed by atoms with Gasteiger partial charge in [0.25, 0.3) is 0 Å². The summed E-state index contributed by atoms with van der Waals surface area (Å²) < 4.78 is 32.0. The standard InChI is InChI=1S/C21H20F2N2O4/c1-14(11-12-17-18(22)9-6-10-19(17)23)24-29-13-15-7-4-5-8-16(15)20(25-28-3)21(26)27-2/h4-12H,13H2,1-3H3/b12-11+,24-14+,25-20-. The van der Waals surface area contributed by atoms with Gasteiger partial charge in [0.05, 0.1) is 12.8 Å². The molecule has 0 unspecified atom stereocenters. The lowest BCUT2D eigenvalue weighted by atomic mass is 10.0. The van der Waals surface area contributed by atoms with Gasteiger partial charge < -0.3 is 14.4 Å². The minimum atomic E-state index is -0.670. The summed E-state index contributed by atoms with van der Waals surface area (Å²) in [6.45, 7) is 1.64. The molecule has 2 aromatic rings. The first kappa shape index (κ1) is 21.7. The molecule has 6 nitrogen and oxygen atoms in total. The molecule has 2 rings (SSSR count). The molecule has 0 fully saturated rings. The Morgan fingerprint density at radius 3 is 2.38 bits per heavy atom. The number of nitrogens with zero attached hydrogens (tertiary/aromatic N) is 2. The minimum absolute atomic E-state index is 0.00942. The summed E-state index contributed by atoms with van der Waals surface area (Å²) in [6.07, 6.45) is 2.71. The maximum atomic E-state index is 13.6. The zero-order valence-corrected chi connectivity index (χ0v) is 16.2. The predicted molar refractivity (Wildman–Crippen MR) is 105 cm³/mol. The van der Waals surface area contributed by atoms with Crippen LogP contribution in [0, 0.1) is 11.6 Å². The summed E-state index contributed by atoms with van der Waals surface area (Å²) >= 11 is 0. The zero-order valence-electron chi connectivity index (χ0n) is 16.2. The highest BCUT2D eigenvalue weighted by atomic mass is 19.1. The second kappa shape index (κ2) is 10.7. The number of halogens is 2. The molecule has 0 radical (unpaired) electrons. The van der Waals surface area contributed by atoms with Crippen LogP contribution in [0.5, 0.6) is 0 Å². The number of methoxy groups -OCH3 is 1. The highest BCUT2D eigenvalue weighted by Crippen LogP contribution is 2.15. The van der Waals surface area contributed by atoms with Crippen LogP contribution in [0.3, 0.4) is 0 Å². The topological polar surface area (TPSA) is 69.5 Å². The number of esters is 1. The number of ether oxygens (including phenoxy) is 1. The van der Waals surface area contributed by atoms with Gasteiger partial charge in [0.1, 0.15) is 25.4 Å². The molecule has 0 heterocycles. The second-order valence-corrected chi connectivity index (χ2v) is 5.75. The van der Waals surface area contributed by atoms with Gasteiger partial charge in [0, 0.05) is 16.7 Å². The van der Waals surface area contributed by atoms with Gasteiger partial charge in [-0.2, -0.15) is 0 Å². The number of oxime groups is 2. The van der Waals surface area contributed by atoms with Crippen LogP contribution in [0.2, 0.25) is 0 Å². The Hall–Kier alpha value is -3.55. The van der Waals surface area contributed by atoms with Crippen LogP contribution in [-0.4, -0.2) is 31.6 Å². The molecule has 152 valence electrons. The van der Waals surface area contributed by atoms with Gasteiger partial charge >= 0.3 is 5.97 Å². The molecule has 0 atom stereocenters. The van der Waals surface area contributed by atoms with E-state index in [0.29, 0.717) is 16.8 Å². The van der Waals surface area contributed by atoms with Crippen LogP contribution in [-0.2, 0) is 25.8 Å². The normalized spacial score (nSPS) is 12.2. The van der Waals surface area contributed by atoms with Gasteiger partial charge in [-0.15, -0.1) is 0 Å². The van der Waals surface area contributed by atoms with Crippen molar-refractivity contribution in [1.29, 1.82) is 0 Å². The maximum absolute atomic E-state index is 13.6. The smallest absolute Gasteiger partial charge is 0.360 e. The lowest BCUT2D eigenvalue weighted by Crippen LogP contribution is -2.19. The molecule has 29 heavy (non-hydrogen) atoms. The number of allylic oxidation sites excluding steroid dienone is 1. The first-order valence-corrected chi connectivity index (χ1v) is 8.54. The molecule has 0 saturated heterocycles. The maximum Gasteiger partial charge on any atom is 0.360 e. The van der Waals surface area contributed by atoms with Crippen molar-refractivity contribution in [3.8, 4) is 0 Å². The fourth-order valence-corrected chi connectivity index (χ4v) is 2.37. The molecule has 2 aromatic carbocycles. The SMILES string of the molecule is CO/N=C(\C(=O)OC)c1ccccc1CO/N=C(C)/C=C/c1c(F)cccc1F. The van der Waals surface area contributed by atoms with Crippen LogP contribution < -0.4 is 0 Å². The van der Waals surface area contributed by atoms with Gasteiger partial charge in [-0.3, -0.25) is 0 Å². The van der Waals surface area contributed by atoms with Gasteiger partial charge in [-0.1, -0.05) is 40.6 Å². The van der Waals surface area contributed by atoms with Crippen LogP contribution in [0.15, 0.2) is 58.9 Å². The third-order valence-corrected chi connectivity index (χ3v) is 3.75. The van der Waals surface area contributed by atoms with E-state index in [1.165, 1.54) is 44.6 Å². The Labute approximate surface area is 167 Å². The van der Waals surface area contributed by atoms with Crippen molar-refractivity contribution in [2.75, 3.05) is 14.2 Å². The van der Waals surface area contributed by atoms with Crippen LogP contribution in [0.4, 0.5) is 8.78 Å². The molecular weight excluding hydrogens is 382 g/mol. The number of benzene rings is 2. The lowest BCUT2D eigenvalue weighted by Gasteiger charge is -2.09. The van der Waals surface area contributed by atoms with Crippen molar-refractivity contribution in [3.05, 3.63) is 76.9 Å². The summed E-state index contributed by atoms with van der Waals surface area (Å²) in [5.74, 6) is -2.00. The summed E-state index contributed by atoms with van der Waals surface area (Å²) in [5, 5.41) is 7.62. The number of hydrogen-bond acceptors (Lipinski definition) is 6. The van der Waals surface area contributed by atoms with Crippen molar-refractivity contribution >= 4 is 23.5 Å². The highest BCUT2D eigenvalue weighted by molar-refractivity contribution is 6.43. The Morgan fingerprint density at radius 1 is 1.03 bits per heavy atom. The van der Waals surface area contributed by atoms with Crippen molar-refractivity contribution in [2.45, 2.75) is 13.5 Å². The molecule has 0 aliphatic carbocycles. The largest absolute Gasteiger partial charge is 0.464 e. The number of hydrogen-bond donors (Lipinski definition) is 0. The third-order valence-electron chi connectivity index (χ3n) is 3.75. The number of rotatable bonds is 8. The van der Waals surface area contributed by atoms with Gasteiger partial charge in [-0.25, -0.2) is 13.6 Å². The highest BCUT2D eigenvalue weighted by Gasteiger charge is 2.19. The quantitative estimate of drug-likeness (QED) is 0.379. The number of carbonyl (C=O) groups is 1. The van der Waals surface area contributed by atoms with E-state index in [-0.39, 0.29) is 17.9 Å². The second-order valence-electron chi connectivity index (χ2n) is 5.75. The van der Waals surface area contributed by atoms with E-state index >= 15 is 0 Å². The summed E-state index contributed by atoms with van der Waals surface area (Å²) in [5.41, 5.74) is 1.31. The van der Waals surface area contributed by atoms with E-state index in [2.05, 4.69) is 10.3 Å². The third kappa shape index (κ3) is 5.97. The average molecular weight is 402 g/mol. The van der Waals surface area contributed by atoms with Crippen LogP contribution >= 0.6 is 0 Å². The zero-order chi connectivity index (χ0) is 21.2. The van der Waals surface area contributed by atoms with Crippen molar-refractivity contribution in [2.24, 2.45) is 10.3 Å². The molecule has 0 aliphatic heterocycles. The first-order valence-electron chi connectivity index (χ1n) is 8.54. The molecule has 0 spiro atoms. The molecule has 0 N–H and O–H groups in total. The first-order chi connectivity index (χ1) is 14.0. The fraction of sp³-hybridized carbons (Fsp3) is 0.190. The fourth-order valence-electron chi connectivity index (χ4n) is 2.37. The van der Waals surface area contributed by atoms with E-state index in [9.17, 15) is 13.6 Å². The monoisotopic (exact) mass is 402 g/mol. The Bertz CT molecular complexity index is 935. The van der Waals surface area contributed by atoms with E-state index in [4.69, 9.17) is 14.4 Å². The molecule has 0 aromatic heterocycles. The molecular formula is C21H20F2N2O4. The van der Waals surface area contributed by atoms with E-state index in [0.717, 1.165) is 0 Å². The van der Waals surface area contributed by atoms with Gasteiger partial charge in [0.2, 0.25) is 0 Å². The van der Waals surface area contributed by atoms with Crippen molar-refractivity contribution in [3.63, 3.8) is 0 Å². The van der Waals surface area contributed by atoms with E-state index in [1.54, 1.807) is 31.2 Å². The van der Waals surface area contributed by atoms with Crippen molar-refractivity contribution < 1.29 is 28.0 Å². The molecule has 8 heteroatoms. The van der Waals surface area contributed by atoms with Gasteiger partial charge in [0.15, 0.2) is 5.71 Å². The predicted octanol–water partition coefficient (Wildman–Crippen LogP) is 4.09. The van der Waals surface area contributed by atoms with E-state index < -0.39 is 17.6 Å². The van der Waals surface area contributed by atoms with Crippen molar-refractivity contribution in [1.82, 2.24) is 0 Å². The molecule has 0 amide bonds. The minimum Gasteiger partial charge on any atom is -0.464 e. The summed E-state index contributed by atoms with van der Waals surface area (Å²) in [4.78, 5) is 22.0. The van der Waals surface area contributed by atoms with E-state index in [1.807, 2.05) is 0 Å². The molecule has 0 aliphatic rings. The average Bonchev–Trinajstić information content (AvgIpc) is 2.71. The Balaban J connectivity index is 2.13. The lowest BCUT2D eigenvalue weighted by molar-refractivity contribution is -0.132. The molecule has 0 bridgehead atoms. The van der Waals surface area contributed by atoms with Crippen LogP contribution in [0.25, 0.3) is 6.08 Å². The van der Waals surface area contributed by atoms with Crippen LogP contribution in [0.1, 0.15) is 23.6 Å².